The summed E-state index contributed by atoms with van der Waals surface area (Å²) in [6.07, 6.45) is 5.99. The molecule has 18 heavy (non-hydrogen) atoms. The van der Waals surface area contributed by atoms with Crippen LogP contribution in [0.2, 0.25) is 0 Å². The molecule has 0 aliphatic heterocycles. The van der Waals surface area contributed by atoms with Gasteiger partial charge in [-0.15, -0.1) is 0 Å². The lowest BCUT2D eigenvalue weighted by Crippen LogP contribution is -2.18. The number of hydrogen-bond donors (Lipinski definition) is 1. The molecule has 1 N–H and O–H groups in total. The number of nitrogens with one attached hydrogen (secondary N) is 1. The average Bonchev–Trinajstić information content (AvgIpc) is 3.20. The normalized spacial score (nSPS) is 15.8. The van der Waals surface area contributed by atoms with Crippen molar-refractivity contribution >= 4 is 22.0 Å². The van der Waals surface area contributed by atoms with E-state index in [0.717, 1.165) is 29.2 Å². The van der Waals surface area contributed by atoms with Gasteiger partial charge in [0.2, 0.25) is 0 Å². The van der Waals surface area contributed by atoms with Crippen molar-refractivity contribution in [3.05, 3.63) is 33.8 Å². The maximum absolute atomic E-state index is 5.27. The molecule has 0 radical (unpaired) electrons. The zero-order valence-corrected chi connectivity index (χ0v) is 12.6. The molecule has 0 atom stereocenters. The van der Waals surface area contributed by atoms with Crippen molar-refractivity contribution in [2.45, 2.75) is 32.2 Å². The lowest BCUT2D eigenvalue weighted by Gasteiger charge is -2.08. The van der Waals surface area contributed by atoms with Gasteiger partial charge in [-0.2, -0.15) is 0 Å². The predicted molar refractivity (Wildman–Crippen MR) is 80.0 cm³/mol. The summed E-state index contributed by atoms with van der Waals surface area (Å²) in [7, 11) is 1.70. The maximum atomic E-state index is 5.27. The van der Waals surface area contributed by atoms with Crippen LogP contribution in [0.15, 0.2) is 28.2 Å². The van der Waals surface area contributed by atoms with E-state index in [1.807, 2.05) is 12.1 Å². The van der Waals surface area contributed by atoms with Crippen molar-refractivity contribution < 1.29 is 4.74 Å². The van der Waals surface area contributed by atoms with E-state index in [1.165, 1.54) is 24.0 Å². The van der Waals surface area contributed by atoms with E-state index in [0.29, 0.717) is 0 Å². The Labute approximate surface area is 118 Å². The van der Waals surface area contributed by atoms with Gasteiger partial charge in [0.15, 0.2) is 0 Å². The SMILES string of the molecule is CC/C(=C/c1cc(OC)ccc1Br)CNC1CC1. The Morgan fingerprint density at radius 3 is 2.89 bits per heavy atom. The van der Waals surface area contributed by atoms with Crippen LogP contribution in [0.4, 0.5) is 0 Å². The predicted octanol–water partition coefficient (Wildman–Crippen LogP) is 4.00. The highest BCUT2D eigenvalue weighted by molar-refractivity contribution is 9.10. The molecule has 2 rings (SSSR count). The van der Waals surface area contributed by atoms with Gasteiger partial charge < -0.3 is 10.1 Å². The molecule has 0 amide bonds. The van der Waals surface area contributed by atoms with Crippen LogP contribution in [0.5, 0.6) is 5.75 Å². The zero-order chi connectivity index (χ0) is 13.0. The number of ether oxygens (including phenoxy) is 1. The first-order valence-electron chi connectivity index (χ1n) is 6.49. The van der Waals surface area contributed by atoms with Gasteiger partial charge in [0.1, 0.15) is 5.75 Å². The van der Waals surface area contributed by atoms with Crippen molar-refractivity contribution in [3.63, 3.8) is 0 Å². The van der Waals surface area contributed by atoms with E-state index < -0.39 is 0 Å². The average molecular weight is 310 g/mol. The van der Waals surface area contributed by atoms with E-state index in [2.05, 4.69) is 40.3 Å². The Morgan fingerprint density at radius 1 is 1.50 bits per heavy atom. The molecule has 3 heteroatoms. The molecule has 0 bridgehead atoms. The third-order valence-electron chi connectivity index (χ3n) is 3.21. The molecule has 1 aliphatic rings. The number of halogens is 1. The summed E-state index contributed by atoms with van der Waals surface area (Å²) < 4.78 is 6.38. The van der Waals surface area contributed by atoms with E-state index >= 15 is 0 Å². The zero-order valence-electron chi connectivity index (χ0n) is 11.0. The maximum Gasteiger partial charge on any atom is 0.119 e. The molecule has 1 aromatic rings. The van der Waals surface area contributed by atoms with Crippen molar-refractivity contribution in [2.24, 2.45) is 0 Å². The Kier molecular flexibility index (Phi) is 4.84. The fraction of sp³-hybridized carbons (Fsp3) is 0.467. The second-order valence-corrected chi connectivity index (χ2v) is 5.55. The first kappa shape index (κ1) is 13.6. The highest BCUT2D eigenvalue weighted by atomic mass is 79.9. The Balaban J connectivity index is 2.11. The van der Waals surface area contributed by atoms with Gasteiger partial charge in [-0.3, -0.25) is 0 Å². The summed E-state index contributed by atoms with van der Waals surface area (Å²) in [5.74, 6) is 0.898. The monoisotopic (exact) mass is 309 g/mol. The van der Waals surface area contributed by atoms with E-state index in [9.17, 15) is 0 Å². The van der Waals surface area contributed by atoms with Crippen LogP contribution >= 0.6 is 15.9 Å². The highest BCUT2D eigenvalue weighted by Gasteiger charge is 2.20. The van der Waals surface area contributed by atoms with Crippen LogP contribution in [0, 0.1) is 0 Å². The van der Waals surface area contributed by atoms with Crippen LogP contribution in [0.3, 0.4) is 0 Å². The number of methoxy groups -OCH3 is 1. The van der Waals surface area contributed by atoms with Gasteiger partial charge in [-0.1, -0.05) is 34.5 Å². The first-order chi connectivity index (χ1) is 8.72. The van der Waals surface area contributed by atoms with Crippen LogP contribution in [-0.2, 0) is 0 Å². The molecule has 0 aromatic heterocycles. The van der Waals surface area contributed by atoms with E-state index in [-0.39, 0.29) is 0 Å². The van der Waals surface area contributed by atoms with Crippen LogP contribution in [0.1, 0.15) is 31.7 Å². The molecule has 1 aliphatic carbocycles. The van der Waals surface area contributed by atoms with Gasteiger partial charge in [-0.05, 0) is 43.0 Å². The minimum Gasteiger partial charge on any atom is -0.497 e. The first-order valence-corrected chi connectivity index (χ1v) is 7.28. The van der Waals surface area contributed by atoms with Crippen molar-refractivity contribution in [1.29, 1.82) is 0 Å². The van der Waals surface area contributed by atoms with E-state index in [4.69, 9.17) is 4.74 Å². The Morgan fingerprint density at radius 2 is 2.28 bits per heavy atom. The van der Waals surface area contributed by atoms with Gasteiger partial charge in [-0.25, -0.2) is 0 Å². The number of hydrogen-bond acceptors (Lipinski definition) is 2. The summed E-state index contributed by atoms with van der Waals surface area (Å²) in [5.41, 5.74) is 2.61. The molecule has 0 unspecified atom stereocenters. The largest absolute Gasteiger partial charge is 0.497 e. The minimum absolute atomic E-state index is 0.758. The van der Waals surface area contributed by atoms with E-state index in [1.54, 1.807) is 7.11 Å². The van der Waals surface area contributed by atoms with Crippen molar-refractivity contribution in [2.75, 3.05) is 13.7 Å². The van der Waals surface area contributed by atoms with Crippen LogP contribution in [-0.4, -0.2) is 19.7 Å². The standard InChI is InChI=1S/C15H20BrNO/c1-3-11(10-17-13-4-5-13)8-12-9-14(18-2)6-7-15(12)16/h6-9,13,17H,3-5,10H2,1-2H3/b11-8-. The Bertz CT molecular complexity index is 438. The second-order valence-electron chi connectivity index (χ2n) is 4.70. The second kappa shape index (κ2) is 6.39. The van der Waals surface area contributed by atoms with Crippen molar-refractivity contribution in [3.8, 4) is 5.75 Å². The summed E-state index contributed by atoms with van der Waals surface area (Å²) >= 11 is 3.59. The van der Waals surface area contributed by atoms with Gasteiger partial charge in [0.05, 0.1) is 7.11 Å². The molecule has 2 nitrogen and oxygen atoms in total. The molecular weight excluding hydrogens is 290 g/mol. The fourth-order valence-corrected chi connectivity index (χ4v) is 2.18. The molecule has 0 heterocycles. The molecule has 98 valence electrons. The quantitative estimate of drug-likeness (QED) is 0.857. The van der Waals surface area contributed by atoms with Gasteiger partial charge in [0.25, 0.3) is 0 Å². The third kappa shape index (κ3) is 3.85. The molecule has 0 saturated heterocycles. The summed E-state index contributed by atoms with van der Waals surface area (Å²) in [5, 5.41) is 3.56. The van der Waals surface area contributed by atoms with Crippen LogP contribution in [0.25, 0.3) is 6.08 Å². The lowest BCUT2D eigenvalue weighted by atomic mass is 10.1. The summed E-state index contributed by atoms with van der Waals surface area (Å²) in [6, 6.07) is 6.83. The fourth-order valence-electron chi connectivity index (χ4n) is 1.82. The smallest absolute Gasteiger partial charge is 0.119 e. The number of benzene rings is 1. The van der Waals surface area contributed by atoms with Crippen molar-refractivity contribution in [1.82, 2.24) is 5.32 Å². The molecular formula is C15H20BrNO. The van der Waals surface area contributed by atoms with Gasteiger partial charge in [0, 0.05) is 17.1 Å². The minimum atomic E-state index is 0.758. The summed E-state index contributed by atoms with van der Waals surface area (Å²) in [6.45, 7) is 3.19. The molecule has 0 spiro atoms. The third-order valence-corrected chi connectivity index (χ3v) is 3.93. The molecule has 1 aromatic carbocycles. The highest BCUT2D eigenvalue weighted by Crippen LogP contribution is 2.25. The summed E-state index contributed by atoms with van der Waals surface area (Å²) in [4.78, 5) is 0. The lowest BCUT2D eigenvalue weighted by molar-refractivity contribution is 0.414. The van der Waals surface area contributed by atoms with Gasteiger partial charge >= 0.3 is 0 Å². The number of rotatable bonds is 6. The Hall–Kier alpha value is -0.800. The topological polar surface area (TPSA) is 21.3 Å². The molecule has 1 saturated carbocycles. The molecule has 1 fully saturated rings. The van der Waals surface area contributed by atoms with Crippen LogP contribution < -0.4 is 10.1 Å².